The molecule has 0 radical (unpaired) electrons. The highest BCUT2D eigenvalue weighted by atomic mass is 31.2. The van der Waals surface area contributed by atoms with E-state index in [1.165, 1.54) is 0 Å². The summed E-state index contributed by atoms with van der Waals surface area (Å²) in [6, 6.07) is 0. The zero-order valence-corrected chi connectivity index (χ0v) is 61.3. The SMILES string of the molecule is CC/C=C\C/C=C\C/C=C\C/C=C\C/C=C\C/C=C\C/C=C\C/C=C\C/C=C\C/C=C\C/C=C\C/C=C\CCCCC(=O)OC(COC(=O)CCCCCCC/C=C\C/C=C\C/C=C\C/C=C\C/C=C\C/C=C\C/C=C\C/C=C\C/C=C\CC)COP(=O)([O-])OCC[N+](C)(C)C. The smallest absolute Gasteiger partial charge is 0.306 e. The fourth-order valence-electron chi connectivity index (χ4n) is 8.57. The second-order valence-corrected chi connectivity index (χ2v) is 25.5. The molecule has 0 aliphatic heterocycles. The molecule has 2 atom stereocenters. The molecule has 0 aromatic rings. The minimum atomic E-state index is -4.68. The second-order valence-electron chi connectivity index (χ2n) is 24.1. The molecule has 0 saturated heterocycles. The number of hydrogen-bond acceptors (Lipinski definition) is 8. The summed E-state index contributed by atoms with van der Waals surface area (Å²) in [6.07, 6.45) is 121. The highest BCUT2D eigenvalue weighted by Gasteiger charge is 2.22. The van der Waals surface area contributed by atoms with Crippen LogP contribution >= 0.6 is 7.82 Å². The van der Waals surface area contributed by atoms with Crippen LogP contribution in [0.2, 0.25) is 0 Å². The molecule has 96 heavy (non-hydrogen) atoms. The number of phosphoric ester groups is 1. The fourth-order valence-corrected chi connectivity index (χ4v) is 9.30. The van der Waals surface area contributed by atoms with Crippen LogP contribution in [0.4, 0.5) is 0 Å². The van der Waals surface area contributed by atoms with E-state index < -0.39 is 32.5 Å². The van der Waals surface area contributed by atoms with Crippen molar-refractivity contribution in [3.63, 3.8) is 0 Å². The van der Waals surface area contributed by atoms with Crippen LogP contribution in [0.1, 0.15) is 219 Å². The van der Waals surface area contributed by atoms with Crippen molar-refractivity contribution < 1.29 is 42.1 Å². The molecule has 0 aromatic carbocycles. The molecule has 0 saturated carbocycles. The van der Waals surface area contributed by atoms with Gasteiger partial charge >= 0.3 is 11.9 Å². The largest absolute Gasteiger partial charge is 0.756 e. The van der Waals surface area contributed by atoms with Gasteiger partial charge in [0.2, 0.25) is 0 Å². The van der Waals surface area contributed by atoms with Gasteiger partial charge in [0, 0.05) is 12.8 Å². The highest BCUT2D eigenvalue weighted by Crippen LogP contribution is 2.38. The average molecular weight is 1340 g/mol. The van der Waals surface area contributed by atoms with E-state index in [2.05, 4.69) is 269 Å². The molecule has 10 heteroatoms. The first kappa shape index (κ1) is 89.5. The molecule has 0 fully saturated rings. The number of esters is 2. The molecule has 2 unspecified atom stereocenters. The van der Waals surface area contributed by atoms with Crippen molar-refractivity contribution in [1.82, 2.24) is 0 Å². The third-order valence-electron chi connectivity index (χ3n) is 14.1. The van der Waals surface area contributed by atoms with Gasteiger partial charge in [-0.05, 0) is 173 Å². The average Bonchev–Trinajstić information content (AvgIpc) is 1.98. The first-order valence-electron chi connectivity index (χ1n) is 36.4. The number of carbonyl (C=O) groups is 2. The van der Waals surface area contributed by atoms with E-state index in [1.807, 2.05) is 21.1 Å². The Hall–Kier alpha value is -6.45. The van der Waals surface area contributed by atoms with Crippen molar-refractivity contribution in [3.8, 4) is 0 Å². The van der Waals surface area contributed by atoms with Crippen LogP contribution in [0, 0.1) is 0 Å². The predicted octanol–water partition coefficient (Wildman–Crippen LogP) is 23.9. The molecule has 0 bridgehead atoms. The molecular formula is C86H130NO8P. The van der Waals surface area contributed by atoms with Gasteiger partial charge in [-0.1, -0.05) is 288 Å². The van der Waals surface area contributed by atoms with Crippen LogP contribution in [0.25, 0.3) is 0 Å². The third-order valence-corrected chi connectivity index (χ3v) is 15.0. The molecule has 0 heterocycles. The highest BCUT2D eigenvalue weighted by molar-refractivity contribution is 7.45. The monoisotopic (exact) mass is 1340 g/mol. The van der Waals surface area contributed by atoms with Crippen LogP contribution in [0.15, 0.2) is 255 Å². The Morgan fingerprint density at radius 1 is 0.323 bits per heavy atom. The number of ether oxygens (including phenoxy) is 2. The van der Waals surface area contributed by atoms with Crippen molar-refractivity contribution in [3.05, 3.63) is 255 Å². The number of hydrogen-bond donors (Lipinski definition) is 0. The topological polar surface area (TPSA) is 111 Å². The lowest BCUT2D eigenvalue weighted by molar-refractivity contribution is -0.870. The van der Waals surface area contributed by atoms with E-state index in [0.717, 1.165) is 180 Å². The molecule has 0 rings (SSSR count). The van der Waals surface area contributed by atoms with Gasteiger partial charge in [-0.3, -0.25) is 14.2 Å². The maximum Gasteiger partial charge on any atom is 0.306 e. The minimum absolute atomic E-state index is 0.0583. The van der Waals surface area contributed by atoms with E-state index in [4.69, 9.17) is 18.5 Å². The standard InChI is InChI=1S/C86H130NO8P/c1-6-8-10-12-14-16-18-20-22-24-26-28-30-32-34-36-38-40-41-42-43-44-45-47-49-51-53-55-57-59-61-63-65-67-69-71-73-75-77-79-86(89)95-84(83-94-96(90,91)93-81-80-87(3,4)5)82-92-85(88)78-76-74-72-70-68-66-64-62-60-58-56-54-52-50-48-46-39-37-35-33-31-29-27-25-23-21-19-17-15-13-11-9-7-2/h8-11,14-17,20-23,26-29,32-35,38-40,42-43,45-47,50-53,56-59,62-65,69,71,84H,6-7,12-13,18-19,24-25,30-31,36-37,41,44,48-49,54-55,60-61,66-68,70,72-83H2,1-5H3/b10-8-,11-9-,16-14-,17-15-,22-20-,23-21-,28-26-,29-27-,34-32-,35-33-,40-38-,43-42-,46-39-,47-45-,52-50-,53-51-,58-56-,59-57-,64-62-,65-63-,71-69-. The number of likely N-dealkylation sites (N-methyl/N-ethyl adjacent to an activating group) is 1. The lowest BCUT2D eigenvalue weighted by atomic mass is 10.1. The molecule has 9 nitrogen and oxygen atoms in total. The number of phosphoric acid groups is 1. The van der Waals surface area contributed by atoms with Crippen LogP contribution in [0.3, 0.4) is 0 Å². The number of carbonyl (C=O) groups excluding carboxylic acids is 2. The Labute approximate surface area is 586 Å². The van der Waals surface area contributed by atoms with E-state index in [0.29, 0.717) is 23.9 Å². The third kappa shape index (κ3) is 76.6. The summed E-state index contributed by atoms with van der Waals surface area (Å²) in [5, 5.41) is 0. The predicted molar refractivity (Wildman–Crippen MR) is 414 cm³/mol. The number of quaternary nitrogens is 1. The molecule has 0 aliphatic rings. The molecule has 532 valence electrons. The molecule has 0 spiro atoms. The van der Waals surface area contributed by atoms with Gasteiger partial charge in [0.25, 0.3) is 7.82 Å². The van der Waals surface area contributed by atoms with Crippen molar-refractivity contribution in [2.75, 3.05) is 47.5 Å². The van der Waals surface area contributed by atoms with E-state index in [9.17, 15) is 19.0 Å². The van der Waals surface area contributed by atoms with Crippen molar-refractivity contribution in [1.29, 1.82) is 0 Å². The van der Waals surface area contributed by atoms with Crippen molar-refractivity contribution in [2.24, 2.45) is 0 Å². The maximum absolute atomic E-state index is 12.9. The van der Waals surface area contributed by atoms with Crippen molar-refractivity contribution in [2.45, 2.75) is 225 Å². The molecule has 0 aliphatic carbocycles. The lowest BCUT2D eigenvalue weighted by Gasteiger charge is -2.28. The Bertz CT molecular complexity index is 2570. The van der Waals surface area contributed by atoms with Crippen molar-refractivity contribution >= 4 is 19.8 Å². The lowest BCUT2D eigenvalue weighted by Crippen LogP contribution is -2.37. The Morgan fingerprint density at radius 2 is 0.562 bits per heavy atom. The second kappa shape index (κ2) is 72.8. The first-order chi connectivity index (χ1) is 47.0. The number of nitrogens with zero attached hydrogens (tertiary/aromatic N) is 1. The van der Waals surface area contributed by atoms with Gasteiger partial charge in [-0.25, -0.2) is 0 Å². The number of unbranched alkanes of at least 4 members (excludes halogenated alkanes) is 7. The Balaban J connectivity index is 4.29. The van der Waals surface area contributed by atoms with Crippen LogP contribution in [-0.4, -0.2) is 70.0 Å². The van der Waals surface area contributed by atoms with Gasteiger partial charge in [0.1, 0.15) is 19.8 Å². The van der Waals surface area contributed by atoms with E-state index in [1.54, 1.807) is 0 Å². The minimum Gasteiger partial charge on any atom is -0.756 e. The van der Waals surface area contributed by atoms with Gasteiger partial charge in [-0.2, -0.15) is 0 Å². The Kier molecular flexibility index (Phi) is 67.9. The van der Waals surface area contributed by atoms with Gasteiger partial charge in [0.15, 0.2) is 6.10 Å². The maximum atomic E-state index is 12.9. The van der Waals surface area contributed by atoms with Gasteiger partial charge in [0.05, 0.1) is 27.7 Å². The summed E-state index contributed by atoms with van der Waals surface area (Å²) >= 11 is 0. The van der Waals surface area contributed by atoms with E-state index in [-0.39, 0.29) is 26.1 Å². The summed E-state index contributed by atoms with van der Waals surface area (Å²) in [6.45, 7) is 3.89. The van der Waals surface area contributed by atoms with Crippen LogP contribution in [0.5, 0.6) is 0 Å². The summed E-state index contributed by atoms with van der Waals surface area (Å²) in [7, 11) is 1.08. The zero-order valence-electron chi connectivity index (χ0n) is 60.4. The first-order valence-corrected chi connectivity index (χ1v) is 37.9. The summed E-state index contributed by atoms with van der Waals surface area (Å²) in [4.78, 5) is 38.1. The molecular weight excluding hydrogens is 1210 g/mol. The fraction of sp³-hybridized carbons (Fsp3) is 0.488. The zero-order chi connectivity index (χ0) is 69.7. The summed E-state index contributed by atoms with van der Waals surface area (Å²) in [5.74, 6) is -0.931. The summed E-state index contributed by atoms with van der Waals surface area (Å²) < 4.78 is 34.2. The molecule has 0 aromatic heterocycles. The Morgan fingerprint density at radius 3 is 0.854 bits per heavy atom. The molecule has 0 N–H and O–H groups in total. The number of rotatable bonds is 63. The van der Waals surface area contributed by atoms with Gasteiger partial charge < -0.3 is 27.9 Å². The van der Waals surface area contributed by atoms with Gasteiger partial charge in [-0.15, -0.1) is 0 Å². The molecule has 0 amide bonds. The van der Waals surface area contributed by atoms with E-state index >= 15 is 0 Å². The number of allylic oxidation sites excluding steroid dienone is 42. The normalized spacial score (nSPS) is 14.6. The van der Waals surface area contributed by atoms with Crippen LogP contribution < -0.4 is 4.89 Å². The van der Waals surface area contributed by atoms with Crippen LogP contribution in [-0.2, 0) is 32.7 Å². The quantitative estimate of drug-likeness (QED) is 0.0195. The summed E-state index contributed by atoms with van der Waals surface area (Å²) in [5.41, 5.74) is 0.